The predicted molar refractivity (Wildman–Crippen MR) is 88.7 cm³/mol. The smallest absolute Gasteiger partial charge is 0.334 e. The summed E-state index contributed by atoms with van der Waals surface area (Å²) < 4.78 is 22.5. The Balaban J connectivity index is 1.75. The Morgan fingerprint density at radius 1 is 1.46 bits per heavy atom. The van der Waals surface area contributed by atoms with E-state index in [1.54, 1.807) is 13.0 Å². The molecule has 4 heterocycles. The summed E-state index contributed by atoms with van der Waals surface area (Å²) in [6.07, 6.45) is 0.887. The molecule has 5 aliphatic rings. The van der Waals surface area contributed by atoms with Crippen molar-refractivity contribution in [1.29, 1.82) is 0 Å². The van der Waals surface area contributed by atoms with Gasteiger partial charge in [0.15, 0.2) is 6.29 Å². The monoisotopic (exact) mass is 362 g/mol. The van der Waals surface area contributed by atoms with Crippen molar-refractivity contribution in [3.8, 4) is 0 Å². The maximum Gasteiger partial charge on any atom is 0.334 e. The molecule has 0 saturated carbocycles. The standard InChI is InChI=1S/C19H22O7/c1-9(2)16(20)24-12-6-11-4-5-14-19(26-14,18(22)23-8-11)7-13-15(12)10(3)17(21)25-13/h6,12-15,18,22H,1,3-5,7-8H2,2H3/b11-6-/t12-,13-,14+,15-,18-,19-/m0/s1. The fourth-order valence-electron chi connectivity index (χ4n) is 4.09. The summed E-state index contributed by atoms with van der Waals surface area (Å²) in [6, 6.07) is 0. The fraction of sp³-hybridized carbons (Fsp3) is 0.579. The van der Waals surface area contributed by atoms with Crippen molar-refractivity contribution in [2.75, 3.05) is 6.61 Å². The van der Waals surface area contributed by atoms with Crippen LogP contribution in [0, 0.1) is 5.92 Å². The molecule has 0 aromatic rings. The maximum absolute atomic E-state index is 12.2. The number of carbonyl (C=O) groups excluding carboxylic acids is 2. The normalized spacial score (nSPS) is 43.3. The number of ether oxygens (including phenoxy) is 4. The highest BCUT2D eigenvalue weighted by atomic mass is 16.7. The lowest BCUT2D eigenvalue weighted by Crippen LogP contribution is -2.44. The minimum atomic E-state index is -1.10. The average Bonchev–Trinajstić information content (AvgIpc) is 3.20. The first-order valence-electron chi connectivity index (χ1n) is 8.75. The molecule has 2 bridgehead atoms. The zero-order valence-electron chi connectivity index (χ0n) is 14.6. The van der Waals surface area contributed by atoms with E-state index in [1.165, 1.54) is 0 Å². The summed E-state index contributed by atoms with van der Waals surface area (Å²) in [7, 11) is 0. The molecule has 0 amide bonds. The second-order valence-electron chi connectivity index (χ2n) is 7.44. The van der Waals surface area contributed by atoms with Crippen LogP contribution in [-0.2, 0) is 28.5 Å². The summed E-state index contributed by atoms with van der Waals surface area (Å²) in [5.74, 6) is -1.60. The average molecular weight is 362 g/mol. The third kappa shape index (κ3) is 2.71. The SMILES string of the molecule is C=C(C)C(=O)O[C@H]1/C=C2/CC[C@H]3O[C@]3(C[C@@H]3OC(=O)C(=C)[C@@H]13)[C@@H](O)OC2. The van der Waals surface area contributed by atoms with E-state index in [0.29, 0.717) is 6.42 Å². The Hall–Kier alpha value is -1.96. The second-order valence-corrected chi connectivity index (χ2v) is 7.44. The molecule has 3 fully saturated rings. The van der Waals surface area contributed by atoms with Crippen LogP contribution in [0.5, 0.6) is 0 Å². The van der Waals surface area contributed by atoms with Gasteiger partial charge in [-0.05, 0) is 31.4 Å². The predicted octanol–water partition coefficient (Wildman–Crippen LogP) is 1.17. The fourth-order valence-corrected chi connectivity index (χ4v) is 4.09. The van der Waals surface area contributed by atoms with Gasteiger partial charge in [0.25, 0.3) is 0 Å². The number of rotatable bonds is 2. The van der Waals surface area contributed by atoms with Crippen molar-refractivity contribution >= 4 is 11.9 Å². The van der Waals surface area contributed by atoms with E-state index in [-0.39, 0.29) is 30.3 Å². The van der Waals surface area contributed by atoms with Gasteiger partial charge in [0.1, 0.15) is 17.8 Å². The highest BCUT2D eigenvalue weighted by Crippen LogP contribution is 2.52. The molecule has 0 radical (unpaired) electrons. The number of fused-ring (bicyclic) bond motifs is 4. The van der Waals surface area contributed by atoms with E-state index in [0.717, 1.165) is 12.0 Å². The number of hydrogen-bond donors (Lipinski definition) is 1. The van der Waals surface area contributed by atoms with Crippen molar-refractivity contribution in [2.24, 2.45) is 5.92 Å². The first kappa shape index (κ1) is 17.5. The summed E-state index contributed by atoms with van der Waals surface area (Å²) in [5.41, 5.74) is 0.513. The Morgan fingerprint density at radius 2 is 2.23 bits per heavy atom. The van der Waals surface area contributed by atoms with Crippen LogP contribution in [0.2, 0.25) is 0 Å². The lowest BCUT2D eigenvalue weighted by Gasteiger charge is -2.32. The lowest BCUT2D eigenvalue weighted by atomic mass is 9.81. The molecular formula is C19H22O7. The summed E-state index contributed by atoms with van der Waals surface area (Å²) in [5, 5.41) is 10.4. The van der Waals surface area contributed by atoms with Gasteiger partial charge in [0.2, 0.25) is 0 Å². The van der Waals surface area contributed by atoms with Gasteiger partial charge in [-0.25, -0.2) is 9.59 Å². The van der Waals surface area contributed by atoms with Gasteiger partial charge in [0, 0.05) is 17.6 Å². The molecule has 26 heavy (non-hydrogen) atoms. The van der Waals surface area contributed by atoms with Gasteiger partial charge in [-0.15, -0.1) is 0 Å². The van der Waals surface area contributed by atoms with Crippen molar-refractivity contribution in [3.63, 3.8) is 0 Å². The molecule has 140 valence electrons. The Bertz CT molecular complexity index is 723. The van der Waals surface area contributed by atoms with Crippen molar-refractivity contribution in [1.82, 2.24) is 0 Å². The molecule has 1 aliphatic carbocycles. The highest BCUT2D eigenvalue weighted by molar-refractivity contribution is 5.91. The minimum Gasteiger partial charge on any atom is -0.458 e. The summed E-state index contributed by atoms with van der Waals surface area (Å²) >= 11 is 0. The zero-order chi connectivity index (χ0) is 18.6. The first-order valence-corrected chi connectivity index (χ1v) is 8.75. The van der Waals surface area contributed by atoms with Crippen LogP contribution in [-0.4, -0.2) is 53.9 Å². The van der Waals surface area contributed by atoms with Crippen LogP contribution in [0.4, 0.5) is 0 Å². The Morgan fingerprint density at radius 3 is 2.96 bits per heavy atom. The van der Waals surface area contributed by atoms with E-state index in [9.17, 15) is 14.7 Å². The largest absolute Gasteiger partial charge is 0.458 e. The van der Waals surface area contributed by atoms with E-state index in [2.05, 4.69) is 13.2 Å². The molecule has 0 unspecified atom stereocenters. The van der Waals surface area contributed by atoms with Gasteiger partial charge < -0.3 is 24.1 Å². The van der Waals surface area contributed by atoms with Gasteiger partial charge in [-0.2, -0.15) is 0 Å². The van der Waals surface area contributed by atoms with Crippen LogP contribution in [0.25, 0.3) is 0 Å². The Labute approximate surface area is 151 Å². The van der Waals surface area contributed by atoms with Crippen LogP contribution in [0.3, 0.4) is 0 Å². The van der Waals surface area contributed by atoms with E-state index < -0.39 is 42.0 Å². The molecule has 3 saturated heterocycles. The number of esters is 2. The lowest BCUT2D eigenvalue weighted by molar-refractivity contribution is -0.159. The molecule has 0 aromatic heterocycles. The van der Waals surface area contributed by atoms with Gasteiger partial charge in [0.05, 0.1) is 18.6 Å². The van der Waals surface area contributed by atoms with E-state index in [1.807, 2.05) is 0 Å². The van der Waals surface area contributed by atoms with Crippen molar-refractivity contribution in [2.45, 2.75) is 56.4 Å². The van der Waals surface area contributed by atoms with Gasteiger partial charge in [-0.1, -0.05) is 13.2 Å². The van der Waals surface area contributed by atoms with Crippen LogP contribution >= 0.6 is 0 Å². The quantitative estimate of drug-likeness (QED) is 0.341. The zero-order valence-corrected chi connectivity index (χ0v) is 14.6. The highest BCUT2D eigenvalue weighted by Gasteiger charge is 2.65. The molecule has 7 heteroatoms. The second kappa shape index (κ2) is 6.04. The topological polar surface area (TPSA) is 94.6 Å². The van der Waals surface area contributed by atoms with Crippen molar-refractivity contribution < 1.29 is 33.6 Å². The van der Waals surface area contributed by atoms with Crippen LogP contribution in [0.15, 0.2) is 36.0 Å². The molecule has 5 rings (SSSR count). The number of carbonyl (C=O) groups is 2. The molecular weight excluding hydrogens is 340 g/mol. The molecule has 0 aromatic carbocycles. The molecule has 6 atom stereocenters. The first-order chi connectivity index (χ1) is 12.3. The number of aliphatic hydroxyl groups is 1. The summed E-state index contributed by atoms with van der Waals surface area (Å²) in [6.45, 7) is 9.23. The van der Waals surface area contributed by atoms with E-state index in [4.69, 9.17) is 18.9 Å². The number of epoxide rings is 1. The maximum atomic E-state index is 12.2. The number of aliphatic hydroxyl groups excluding tert-OH is 1. The third-order valence-corrected chi connectivity index (χ3v) is 5.61. The molecule has 1 spiro atoms. The summed E-state index contributed by atoms with van der Waals surface area (Å²) in [4.78, 5) is 24.3. The number of hydrogen-bond acceptors (Lipinski definition) is 7. The van der Waals surface area contributed by atoms with E-state index >= 15 is 0 Å². The molecule has 1 N–H and O–H groups in total. The van der Waals surface area contributed by atoms with Gasteiger partial charge in [-0.3, -0.25) is 0 Å². The van der Waals surface area contributed by atoms with Crippen molar-refractivity contribution in [3.05, 3.63) is 36.0 Å². The molecule has 4 aliphatic heterocycles. The van der Waals surface area contributed by atoms with Crippen LogP contribution in [0.1, 0.15) is 26.2 Å². The third-order valence-electron chi connectivity index (χ3n) is 5.61. The Kier molecular flexibility index (Phi) is 4.06. The minimum absolute atomic E-state index is 0.149. The van der Waals surface area contributed by atoms with Crippen LogP contribution < -0.4 is 0 Å². The van der Waals surface area contributed by atoms with Gasteiger partial charge >= 0.3 is 11.9 Å². The molecule has 7 nitrogen and oxygen atoms in total.